The van der Waals surface area contributed by atoms with Crippen LogP contribution in [0.5, 0.6) is 0 Å². The predicted molar refractivity (Wildman–Crippen MR) is 98.6 cm³/mol. The SMILES string of the molecule is CCNC(Cc1nc(C)c(C)s1)c1cc(I)ccc1Br. The average molecular weight is 465 g/mol. The van der Waals surface area contributed by atoms with Gasteiger partial charge in [0.25, 0.3) is 0 Å². The van der Waals surface area contributed by atoms with Crippen molar-refractivity contribution >= 4 is 49.9 Å². The number of benzene rings is 1. The first-order valence-corrected chi connectivity index (χ1v) is 9.31. The standard InChI is InChI=1S/C15H18BrIN2S/c1-4-18-14(8-15-19-9(2)10(3)20-15)12-7-11(17)5-6-13(12)16/h5-7,14,18H,4,8H2,1-3H3. The van der Waals surface area contributed by atoms with Gasteiger partial charge in [0.05, 0.1) is 10.7 Å². The topological polar surface area (TPSA) is 24.9 Å². The summed E-state index contributed by atoms with van der Waals surface area (Å²) in [5.74, 6) is 0. The summed E-state index contributed by atoms with van der Waals surface area (Å²) in [6, 6.07) is 6.79. The van der Waals surface area contributed by atoms with Crippen molar-refractivity contribution in [3.8, 4) is 0 Å². The molecule has 1 aromatic heterocycles. The van der Waals surface area contributed by atoms with Crippen molar-refractivity contribution < 1.29 is 0 Å². The Morgan fingerprint density at radius 2 is 2.15 bits per heavy atom. The summed E-state index contributed by atoms with van der Waals surface area (Å²) in [6.07, 6.45) is 0.936. The summed E-state index contributed by atoms with van der Waals surface area (Å²) in [5, 5.41) is 4.78. The van der Waals surface area contributed by atoms with Crippen LogP contribution in [-0.4, -0.2) is 11.5 Å². The zero-order valence-corrected chi connectivity index (χ0v) is 16.4. The van der Waals surface area contributed by atoms with E-state index in [2.05, 4.69) is 87.8 Å². The third kappa shape index (κ3) is 4.02. The molecule has 0 aliphatic rings. The molecule has 0 aliphatic heterocycles. The molecule has 1 heterocycles. The minimum atomic E-state index is 0.300. The third-order valence-electron chi connectivity index (χ3n) is 3.24. The molecule has 1 aromatic carbocycles. The Kier molecular flexibility index (Phi) is 6.01. The van der Waals surface area contributed by atoms with Crippen molar-refractivity contribution in [1.29, 1.82) is 0 Å². The van der Waals surface area contributed by atoms with E-state index in [1.54, 1.807) is 11.3 Å². The average Bonchev–Trinajstić information content (AvgIpc) is 2.71. The Labute approximate surface area is 146 Å². The summed E-state index contributed by atoms with van der Waals surface area (Å²) in [6.45, 7) is 7.32. The van der Waals surface area contributed by atoms with Gasteiger partial charge in [-0.1, -0.05) is 22.9 Å². The van der Waals surface area contributed by atoms with Gasteiger partial charge in [-0.25, -0.2) is 4.98 Å². The maximum atomic E-state index is 4.67. The van der Waals surface area contributed by atoms with Crippen LogP contribution in [0, 0.1) is 17.4 Å². The van der Waals surface area contributed by atoms with E-state index in [1.807, 2.05) is 0 Å². The number of nitrogens with zero attached hydrogens (tertiary/aromatic N) is 1. The van der Waals surface area contributed by atoms with Crippen LogP contribution in [0.25, 0.3) is 0 Å². The summed E-state index contributed by atoms with van der Waals surface area (Å²) < 4.78 is 2.42. The second kappa shape index (κ2) is 7.33. The Bertz CT molecular complexity index is 578. The van der Waals surface area contributed by atoms with Crippen LogP contribution in [0.3, 0.4) is 0 Å². The Balaban J connectivity index is 2.28. The zero-order valence-electron chi connectivity index (χ0n) is 11.8. The van der Waals surface area contributed by atoms with E-state index >= 15 is 0 Å². The quantitative estimate of drug-likeness (QED) is 0.628. The summed E-state index contributed by atoms with van der Waals surface area (Å²) in [5.41, 5.74) is 2.46. The minimum Gasteiger partial charge on any atom is -0.310 e. The minimum absolute atomic E-state index is 0.300. The number of aromatic nitrogens is 1. The van der Waals surface area contributed by atoms with Crippen LogP contribution >= 0.6 is 49.9 Å². The molecule has 1 N–H and O–H groups in total. The molecule has 5 heteroatoms. The van der Waals surface area contributed by atoms with Gasteiger partial charge < -0.3 is 5.32 Å². The van der Waals surface area contributed by atoms with Crippen molar-refractivity contribution in [3.05, 3.63) is 47.4 Å². The second-order valence-corrected chi connectivity index (χ2v) is 8.12. The van der Waals surface area contributed by atoms with Gasteiger partial charge in [-0.05, 0) is 66.7 Å². The molecule has 0 saturated carbocycles. The van der Waals surface area contributed by atoms with E-state index in [4.69, 9.17) is 0 Å². The van der Waals surface area contributed by atoms with Gasteiger partial charge in [-0.15, -0.1) is 11.3 Å². The largest absolute Gasteiger partial charge is 0.310 e. The van der Waals surface area contributed by atoms with Crippen LogP contribution in [0.4, 0.5) is 0 Å². The molecule has 0 saturated heterocycles. The first-order valence-electron chi connectivity index (χ1n) is 6.62. The molecule has 20 heavy (non-hydrogen) atoms. The lowest BCUT2D eigenvalue weighted by molar-refractivity contribution is 0.546. The third-order valence-corrected chi connectivity index (χ3v) is 5.72. The van der Waals surface area contributed by atoms with E-state index in [9.17, 15) is 0 Å². The normalized spacial score (nSPS) is 12.7. The van der Waals surface area contributed by atoms with Crippen molar-refractivity contribution in [2.45, 2.75) is 33.2 Å². The van der Waals surface area contributed by atoms with Gasteiger partial charge in [-0.2, -0.15) is 0 Å². The van der Waals surface area contributed by atoms with Crippen LogP contribution in [0.2, 0.25) is 0 Å². The first-order chi connectivity index (χ1) is 9.51. The molecule has 0 radical (unpaired) electrons. The summed E-state index contributed by atoms with van der Waals surface area (Å²) in [7, 11) is 0. The fraction of sp³-hybridized carbons (Fsp3) is 0.400. The van der Waals surface area contributed by atoms with Gasteiger partial charge in [0.2, 0.25) is 0 Å². The van der Waals surface area contributed by atoms with E-state index in [1.165, 1.54) is 19.0 Å². The van der Waals surface area contributed by atoms with Gasteiger partial charge in [-0.3, -0.25) is 0 Å². The van der Waals surface area contributed by atoms with Crippen LogP contribution in [0.15, 0.2) is 22.7 Å². The van der Waals surface area contributed by atoms with Crippen LogP contribution in [0.1, 0.15) is 34.1 Å². The predicted octanol–water partition coefficient (Wildman–Crippen LogP) is 5.02. The highest BCUT2D eigenvalue weighted by Crippen LogP contribution is 2.29. The summed E-state index contributed by atoms with van der Waals surface area (Å²) in [4.78, 5) is 5.99. The highest BCUT2D eigenvalue weighted by Gasteiger charge is 2.17. The molecule has 2 rings (SSSR count). The molecule has 108 valence electrons. The lowest BCUT2D eigenvalue weighted by Gasteiger charge is -2.19. The maximum Gasteiger partial charge on any atom is 0.0949 e. The van der Waals surface area contributed by atoms with Crippen molar-refractivity contribution in [3.63, 3.8) is 0 Å². The number of thiazole rings is 1. The van der Waals surface area contributed by atoms with Gasteiger partial charge in [0.1, 0.15) is 0 Å². The molecule has 1 atom stereocenters. The molecule has 2 aromatic rings. The molecule has 0 amide bonds. The summed E-state index contributed by atoms with van der Waals surface area (Å²) >= 11 is 7.84. The monoisotopic (exact) mass is 464 g/mol. The van der Waals surface area contributed by atoms with Crippen molar-refractivity contribution in [2.24, 2.45) is 0 Å². The Morgan fingerprint density at radius 1 is 1.40 bits per heavy atom. The molecule has 1 unspecified atom stereocenters. The number of likely N-dealkylation sites (N-methyl/N-ethyl adjacent to an activating group) is 1. The number of aryl methyl sites for hydroxylation is 2. The van der Waals surface area contributed by atoms with Crippen molar-refractivity contribution in [2.75, 3.05) is 6.54 Å². The molecule has 0 aliphatic carbocycles. The van der Waals surface area contributed by atoms with E-state index in [0.29, 0.717) is 6.04 Å². The van der Waals surface area contributed by atoms with E-state index in [0.717, 1.165) is 23.1 Å². The molecule has 2 nitrogen and oxygen atoms in total. The van der Waals surface area contributed by atoms with Crippen LogP contribution < -0.4 is 5.32 Å². The van der Waals surface area contributed by atoms with Crippen LogP contribution in [-0.2, 0) is 6.42 Å². The highest BCUT2D eigenvalue weighted by atomic mass is 127. The van der Waals surface area contributed by atoms with Gasteiger partial charge >= 0.3 is 0 Å². The lowest BCUT2D eigenvalue weighted by atomic mass is 10.0. The number of rotatable bonds is 5. The number of hydrogen-bond acceptors (Lipinski definition) is 3. The highest BCUT2D eigenvalue weighted by molar-refractivity contribution is 14.1. The van der Waals surface area contributed by atoms with Gasteiger partial charge in [0.15, 0.2) is 0 Å². The molecular formula is C15H18BrIN2S. The Hall–Kier alpha value is 0.0200. The number of nitrogens with one attached hydrogen (secondary N) is 1. The first kappa shape index (κ1) is 16.4. The lowest BCUT2D eigenvalue weighted by Crippen LogP contribution is -2.23. The molecule has 0 spiro atoms. The van der Waals surface area contributed by atoms with Gasteiger partial charge in [0, 0.05) is 25.4 Å². The number of hydrogen-bond donors (Lipinski definition) is 1. The van der Waals surface area contributed by atoms with E-state index in [-0.39, 0.29) is 0 Å². The zero-order chi connectivity index (χ0) is 14.7. The smallest absolute Gasteiger partial charge is 0.0949 e. The van der Waals surface area contributed by atoms with Crippen molar-refractivity contribution in [1.82, 2.24) is 10.3 Å². The van der Waals surface area contributed by atoms with E-state index < -0.39 is 0 Å². The molecule has 0 fully saturated rings. The fourth-order valence-electron chi connectivity index (χ4n) is 2.12. The number of halogens is 2. The maximum absolute atomic E-state index is 4.67. The second-order valence-electron chi connectivity index (χ2n) is 4.73. The fourth-order valence-corrected chi connectivity index (χ4v) is 4.14. The molecular weight excluding hydrogens is 447 g/mol. The Morgan fingerprint density at radius 3 is 2.75 bits per heavy atom. The molecule has 0 bridgehead atoms.